The van der Waals surface area contributed by atoms with Gasteiger partial charge in [-0.15, -0.1) is 0 Å². The van der Waals surface area contributed by atoms with Crippen LogP contribution in [0.2, 0.25) is 0 Å². The van der Waals surface area contributed by atoms with Gasteiger partial charge in [-0.05, 0) is 19.1 Å². The smallest absolute Gasteiger partial charge is 0.319 e. The van der Waals surface area contributed by atoms with Crippen LogP contribution < -0.4 is 15.4 Å². The lowest BCUT2D eigenvalue weighted by Crippen LogP contribution is -2.38. The number of carbonyl (C=O) groups excluding carboxylic acids is 1. The van der Waals surface area contributed by atoms with E-state index in [1.54, 1.807) is 26.4 Å². The monoisotopic (exact) mass is 238 g/mol. The number of nitrogens with one attached hydrogen (secondary N) is 2. The minimum absolute atomic E-state index is 0.0466. The molecule has 0 fully saturated rings. The second-order valence-electron chi connectivity index (χ2n) is 3.66. The summed E-state index contributed by atoms with van der Waals surface area (Å²) in [6.45, 7) is 2.34. The van der Waals surface area contributed by atoms with Gasteiger partial charge in [0.15, 0.2) is 0 Å². The molecule has 0 aliphatic carbocycles. The van der Waals surface area contributed by atoms with Crippen molar-refractivity contribution in [1.82, 2.24) is 5.32 Å². The highest BCUT2D eigenvalue weighted by Crippen LogP contribution is 2.22. The highest BCUT2D eigenvalue weighted by Gasteiger charge is 2.09. The van der Waals surface area contributed by atoms with Gasteiger partial charge in [0.25, 0.3) is 0 Å². The van der Waals surface area contributed by atoms with Crippen LogP contribution in [0.1, 0.15) is 6.92 Å². The van der Waals surface area contributed by atoms with Crippen LogP contribution in [0.15, 0.2) is 24.3 Å². The van der Waals surface area contributed by atoms with Crippen LogP contribution in [0.4, 0.5) is 10.5 Å². The van der Waals surface area contributed by atoms with Gasteiger partial charge in [-0.25, -0.2) is 4.79 Å². The van der Waals surface area contributed by atoms with Crippen LogP contribution >= 0.6 is 0 Å². The third-order valence-corrected chi connectivity index (χ3v) is 2.15. The molecule has 5 heteroatoms. The lowest BCUT2D eigenvalue weighted by Gasteiger charge is -2.14. The summed E-state index contributed by atoms with van der Waals surface area (Å²) < 4.78 is 10.1. The van der Waals surface area contributed by atoms with Crippen LogP contribution in [0, 0.1) is 0 Å². The van der Waals surface area contributed by atoms with Crippen molar-refractivity contribution in [2.45, 2.75) is 13.0 Å². The van der Waals surface area contributed by atoms with Crippen LogP contribution in [-0.2, 0) is 4.74 Å². The largest absolute Gasteiger partial charge is 0.495 e. The molecule has 1 rings (SSSR count). The van der Waals surface area contributed by atoms with Gasteiger partial charge in [0.1, 0.15) is 5.75 Å². The molecule has 1 aromatic carbocycles. The summed E-state index contributed by atoms with van der Waals surface area (Å²) >= 11 is 0. The minimum atomic E-state index is -0.279. The predicted octanol–water partition coefficient (Wildman–Crippen LogP) is 1.85. The number of urea groups is 1. The van der Waals surface area contributed by atoms with E-state index in [-0.39, 0.29) is 12.1 Å². The lowest BCUT2D eigenvalue weighted by atomic mass is 10.3. The van der Waals surface area contributed by atoms with Gasteiger partial charge in [-0.1, -0.05) is 12.1 Å². The van der Waals surface area contributed by atoms with Gasteiger partial charge in [-0.2, -0.15) is 0 Å². The summed E-state index contributed by atoms with van der Waals surface area (Å²) in [4.78, 5) is 11.6. The number of anilines is 1. The predicted molar refractivity (Wildman–Crippen MR) is 66.5 cm³/mol. The minimum Gasteiger partial charge on any atom is -0.495 e. The summed E-state index contributed by atoms with van der Waals surface area (Å²) in [5, 5.41) is 5.47. The molecule has 0 spiro atoms. The molecule has 0 saturated carbocycles. The Hall–Kier alpha value is -1.75. The molecular weight excluding hydrogens is 220 g/mol. The topological polar surface area (TPSA) is 59.6 Å². The van der Waals surface area contributed by atoms with Gasteiger partial charge < -0.3 is 20.1 Å². The number of hydrogen-bond donors (Lipinski definition) is 2. The lowest BCUT2D eigenvalue weighted by molar-refractivity contribution is 0.173. The normalized spacial score (nSPS) is 11.7. The molecular formula is C12H18N2O3. The third kappa shape index (κ3) is 4.32. The summed E-state index contributed by atoms with van der Waals surface area (Å²) in [6, 6.07) is 6.91. The molecule has 1 atom stereocenters. The Bertz CT molecular complexity index is 369. The average Bonchev–Trinajstić information content (AvgIpc) is 2.29. The van der Waals surface area contributed by atoms with E-state index >= 15 is 0 Å². The maximum absolute atomic E-state index is 11.6. The van der Waals surface area contributed by atoms with E-state index in [2.05, 4.69) is 10.6 Å². The molecule has 94 valence electrons. The van der Waals surface area contributed by atoms with E-state index in [0.717, 1.165) is 0 Å². The van der Waals surface area contributed by atoms with Crippen molar-refractivity contribution in [2.75, 3.05) is 26.1 Å². The molecule has 1 aromatic rings. The molecule has 0 aliphatic heterocycles. The Balaban J connectivity index is 2.55. The Morgan fingerprint density at radius 2 is 2.06 bits per heavy atom. The number of amides is 2. The molecule has 2 N–H and O–H groups in total. The van der Waals surface area contributed by atoms with Crippen molar-refractivity contribution >= 4 is 11.7 Å². The molecule has 0 radical (unpaired) electrons. The first-order valence-corrected chi connectivity index (χ1v) is 5.37. The quantitative estimate of drug-likeness (QED) is 0.823. The van der Waals surface area contributed by atoms with Gasteiger partial charge in [0, 0.05) is 7.11 Å². The van der Waals surface area contributed by atoms with E-state index in [1.807, 2.05) is 19.1 Å². The fraction of sp³-hybridized carbons (Fsp3) is 0.417. The maximum atomic E-state index is 11.6. The molecule has 2 amide bonds. The highest BCUT2D eigenvalue weighted by molar-refractivity contribution is 5.91. The molecule has 17 heavy (non-hydrogen) atoms. The summed E-state index contributed by atoms with van der Waals surface area (Å²) in [5.41, 5.74) is 0.636. The number of carbonyl (C=O) groups is 1. The zero-order valence-electron chi connectivity index (χ0n) is 10.3. The van der Waals surface area contributed by atoms with Crippen molar-refractivity contribution < 1.29 is 14.3 Å². The molecule has 0 bridgehead atoms. The number of methoxy groups -OCH3 is 2. The molecule has 0 aromatic heterocycles. The fourth-order valence-corrected chi connectivity index (χ4v) is 1.42. The fourth-order valence-electron chi connectivity index (χ4n) is 1.42. The molecule has 0 saturated heterocycles. The van der Waals surface area contributed by atoms with Crippen LogP contribution in [0.5, 0.6) is 5.75 Å². The van der Waals surface area contributed by atoms with E-state index in [0.29, 0.717) is 18.0 Å². The molecule has 0 heterocycles. The van der Waals surface area contributed by atoms with Crippen LogP contribution in [0.25, 0.3) is 0 Å². The first-order valence-electron chi connectivity index (χ1n) is 5.37. The van der Waals surface area contributed by atoms with Crippen LogP contribution in [0.3, 0.4) is 0 Å². The SMILES string of the molecule is COC[C@H](C)NC(=O)Nc1ccccc1OC. The van der Waals surface area contributed by atoms with E-state index in [4.69, 9.17) is 9.47 Å². The second-order valence-corrected chi connectivity index (χ2v) is 3.66. The summed E-state index contributed by atoms with van der Waals surface area (Å²) in [6.07, 6.45) is 0. The van der Waals surface area contributed by atoms with Crippen molar-refractivity contribution in [2.24, 2.45) is 0 Å². The summed E-state index contributed by atoms with van der Waals surface area (Å²) in [5.74, 6) is 0.627. The number of rotatable bonds is 5. The molecule has 5 nitrogen and oxygen atoms in total. The Morgan fingerprint density at radius 1 is 1.35 bits per heavy atom. The Kier molecular flexibility index (Phi) is 5.29. The van der Waals surface area contributed by atoms with Gasteiger partial charge in [0.05, 0.1) is 25.4 Å². The maximum Gasteiger partial charge on any atom is 0.319 e. The summed E-state index contributed by atoms with van der Waals surface area (Å²) in [7, 11) is 3.16. The first-order chi connectivity index (χ1) is 8.17. The van der Waals surface area contributed by atoms with Crippen molar-refractivity contribution in [3.63, 3.8) is 0 Å². The van der Waals surface area contributed by atoms with Gasteiger partial charge in [0.2, 0.25) is 0 Å². The highest BCUT2D eigenvalue weighted by atomic mass is 16.5. The Labute approximate surface area is 101 Å². The van der Waals surface area contributed by atoms with Gasteiger partial charge >= 0.3 is 6.03 Å². The average molecular weight is 238 g/mol. The first kappa shape index (κ1) is 13.3. The standard InChI is InChI=1S/C12H18N2O3/c1-9(8-16-2)13-12(15)14-10-6-4-5-7-11(10)17-3/h4-7,9H,8H2,1-3H3,(H2,13,14,15)/t9-/m0/s1. The van der Waals surface area contributed by atoms with Crippen molar-refractivity contribution in [3.8, 4) is 5.75 Å². The molecule has 0 unspecified atom stereocenters. The number of benzene rings is 1. The Morgan fingerprint density at radius 3 is 2.71 bits per heavy atom. The van der Waals surface area contributed by atoms with E-state index in [9.17, 15) is 4.79 Å². The number of para-hydroxylation sites is 2. The zero-order chi connectivity index (χ0) is 12.7. The zero-order valence-corrected chi connectivity index (χ0v) is 10.3. The number of ether oxygens (including phenoxy) is 2. The molecule has 0 aliphatic rings. The number of hydrogen-bond acceptors (Lipinski definition) is 3. The van der Waals surface area contributed by atoms with Gasteiger partial charge in [-0.3, -0.25) is 0 Å². The van der Waals surface area contributed by atoms with E-state index in [1.165, 1.54) is 0 Å². The van der Waals surface area contributed by atoms with Crippen LogP contribution in [-0.4, -0.2) is 32.9 Å². The second kappa shape index (κ2) is 6.75. The van der Waals surface area contributed by atoms with Crippen molar-refractivity contribution in [1.29, 1.82) is 0 Å². The van der Waals surface area contributed by atoms with Crippen molar-refractivity contribution in [3.05, 3.63) is 24.3 Å². The third-order valence-electron chi connectivity index (χ3n) is 2.15. The van der Waals surface area contributed by atoms with E-state index < -0.39 is 0 Å².